The van der Waals surface area contributed by atoms with Crippen molar-refractivity contribution in [1.82, 2.24) is 24.6 Å². The summed E-state index contributed by atoms with van der Waals surface area (Å²) in [6.07, 6.45) is 2.44. The predicted molar refractivity (Wildman–Crippen MR) is 76.8 cm³/mol. The van der Waals surface area contributed by atoms with Gasteiger partial charge in [-0.1, -0.05) is 6.92 Å². The lowest BCUT2D eigenvalue weighted by atomic mass is 10.3. The van der Waals surface area contributed by atoms with E-state index in [1.54, 1.807) is 15.8 Å². The second-order valence-corrected chi connectivity index (χ2v) is 4.96. The molecule has 2 aromatic rings. The number of nitrogens with zero attached hydrogens (tertiary/aromatic N) is 5. The van der Waals surface area contributed by atoms with E-state index < -0.39 is 0 Å². The van der Waals surface area contributed by atoms with Crippen molar-refractivity contribution in [3.05, 3.63) is 12.0 Å². The predicted octanol–water partition coefficient (Wildman–Crippen LogP) is 1.14. The number of anilines is 1. The van der Waals surface area contributed by atoms with Crippen molar-refractivity contribution in [2.75, 3.05) is 25.0 Å². The first-order valence-electron chi connectivity index (χ1n) is 7.03. The monoisotopic (exact) mass is 290 g/mol. The van der Waals surface area contributed by atoms with E-state index in [1.165, 1.54) is 0 Å². The first kappa shape index (κ1) is 13.6. The van der Waals surface area contributed by atoms with Crippen molar-refractivity contribution < 1.29 is 9.53 Å². The summed E-state index contributed by atoms with van der Waals surface area (Å²) in [7, 11) is 1.84. The molecule has 0 radical (unpaired) electrons. The molecule has 112 valence electrons. The van der Waals surface area contributed by atoms with Gasteiger partial charge in [-0.25, -0.2) is 14.8 Å². The second kappa shape index (κ2) is 5.55. The van der Waals surface area contributed by atoms with E-state index in [0.717, 1.165) is 29.8 Å². The number of carbonyl (C=O) groups excluding carboxylic acids is 1. The fourth-order valence-electron chi connectivity index (χ4n) is 2.26. The molecule has 0 aromatic carbocycles. The molecule has 3 heterocycles. The highest BCUT2D eigenvalue weighted by Crippen LogP contribution is 2.20. The average molecular weight is 290 g/mol. The molecular formula is C13H18N6O2. The van der Waals surface area contributed by atoms with Gasteiger partial charge in [0.2, 0.25) is 0 Å². The Kier molecular flexibility index (Phi) is 3.59. The molecule has 3 rings (SSSR count). The zero-order valence-corrected chi connectivity index (χ0v) is 12.2. The second-order valence-electron chi connectivity index (χ2n) is 4.96. The molecular weight excluding hydrogens is 272 g/mol. The standard InChI is InChI=1S/C13H18N6O2/c1-3-4-14-11-9-7-15-18(2)12(9)17-10(16-11)8-19-5-6-21-13(19)20/h7H,3-6,8H2,1-2H3,(H,14,16,17). The molecule has 8 heteroatoms. The van der Waals surface area contributed by atoms with Crippen LogP contribution in [0.25, 0.3) is 11.0 Å². The van der Waals surface area contributed by atoms with E-state index >= 15 is 0 Å². The molecule has 0 spiro atoms. The lowest BCUT2D eigenvalue weighted by Crippen LogP contribution is -2.25. The van der Waals surface area contributed by atoms with Crippen molar-refractivity contribution in [3.63, 3.8) is 0 Å². The Morgan fingerprint density at radius 1 is 1.43 bits per heavy atom. The zero-order valence-electron chi connectivity index (χ0n) is 12.2. The van der Waals surface area contributed by atoms with Crippen LogP contribution >= 0.6 is 0 Å². The number of amides is 1. The van der Waals surface area contributed by atoms with Gasteiger partial charge >= 0.3 is 6.09 Å². The smallest absolute Gasteiger partial charge is 0.410 e. The summed E-state index contributed by atoms with van der Waals surface area (Å²) in [5.74, 6) is 1.35. The van der Waals surface area contributed by atoms with E-state index in [1.807, 2.05) is 7.05 Å². The van der Waals surface area contributed by atoms with Crippen LogP contribution in [0.5, 0.6) is 0 Å². The lowest BCUT2D eigenvalue weighted by Gasteiger charge is -2.13. The minimum absolute atomic E-state index is 0.313. The highest BCUT2D eigenvalue weighted by Gasteiger charge is 2.23. The summed E-state index contributed by atoms with van der Waals surface area (Å²) in [5.41, 5.74) is 0.756. The molecule has 1 aliphatic heterocycles. The fraction of sp³-hybridized carbons (Fsp3) is 0.538. The minimum atomic E-state index is -0.313. The first-order valence-corrected chi connectivity index (χ1v) is 7.03. The van der Waals surface area contributed by atoms with Crippen molar-refractivity contribution >= 4 is 22.9 Å². The molecule has 1 amide bonds. The number of hydrogen-bond acceptors (Lipinski definition) is 6. The third-order valence-electron chi connectivity index (χ3n) is 3.36. The molecule has 21 heavy (non-hydrogen) atoms. The van der Waals surface area contributed by atoms with Crippen molar-refractivity contribution in [2.24, 2.45) is 7.05 Å². The third-order valence-corrected chi connectivity index (χ3v) is 3.36. The van der Waals surface area contributed by atoms with Crippen LogP contribution in [-0.4, -0.2) is 50.4 Å². The molecule has 0 aliphatic carbocycles. The van der Waals surface area contributed by atoms with E-state index in [9.17, 15) is 4.79 Å². The van der Waals surface area contributed by atoms with Crippen LogP contribution in [0, 0.1) is 0 Å². The van der Waals surface area contributed by atoms with Gasteiger partial charge in [0.1, 0.15) is 12.4 Å². The molecule has 1 aliphatic rings. The van der Waals surface area contributed by atoms with E-state index in [-0.39, 0.29) is 6.09 Å². The van der Waals surface area contributed by atoms with Crippen molar-refractivity contribution in [3.8, 4) is 0 Å². The van der Waals surface area contributed by atoms with Crippen LogP contribution in [-0.2, 0) is 18.3 Å². The van der Waals surface area contributed by atoms with Gasteiger partial charge in [-0.05, 0) is 6.42 Å². The third kappa shape index (κ3) is 2.61. The van der Waals surface area contributed by atoms with Gasteiger partial charge in [0.25, 0.3) is 0 Å². The van der Waals surface area contributed by atoms with Gasteiger partial charge < -0.3 is 10.1 Å². The minimum Gasteiger partial charge on any atom is -0.448 e. The lowest BCUT2D eigenvalue weighted by molar-refractivity contribution is 0.156. The Morgan fingerprint density at radius 2 is 2.29 bits per heavy atom. The Bertz CT molecular complexity index is 668. The Morgan fingerprint density at radius 3 is 3.00 bits per heavy atom. The van der Waals surface area contributed by atoms with Gasteiger partial charge in [0.15, 0.2) is 11.5 Å². The highest BCUT2D eigenvalue weighted by atomic mass is 16.6. The normalized spacial score (nSPS) is 14.8. The number of cyclic esters (lactones) is 1. The molecule has 1 saturated heterocycles. The van der Waals surface area contributed by atoms with Crippen LogP contribution < -0.4 is 5.32 Å². The fourth-order valence-corrected chi connectivity index (χ4v) is 2.26. The Balaban J connectivity index is 1.94. The van der Waals surface area contributed by atoms with E-state index in [4.69, 9.17) is 4.74 Å². The van der Waals surface area contributed by atoms with Gasteiger partial charge in [-0.15, -0.1) is 0 Å². The molecule has 2 aromatic heterocycles. The zero-order chi connectivity index (χ0) is 14.8. The maximum absolute atomic E-state index is 11.5. The first-order chi connectivity index (χ1) is 10.2. The summed E-state index contributed by atoms with van der Waals surface area (Å²) >= 11 is 0. The molecule has 1 N–H and O–H groups in total. The highest BCUT2D eigenvalue weighted by molar-refractivity contribution is 5.86. The largest absolute Gasteiger partial charge is 0.448 e. The topological polar surface area (TPSA) is 85.2 Å². The number of nitrogens with one attached hydrogen (secondary N) is 1. The number of aryl methyl sites for hydroxylation is 1. The number of ether oxygens (including phenoxy) is 1. The van der Waals surface area contributed by atoms with Crippen LogP contribution in [0.3, 0.4) is 0 Å². The van der Waals surface area contributed by atoms with Crippen LogP contribution in [0.15, 0.2) is 6.20 Å². The average Bonchev–Trinajstić information content (AvgIpc) is 3.04. The SMILES string of the molecule is CCCNc1nc(CN2CCOC2=O)nc2c1cnn2C. The van der Waals surface area contributed by atoms with Crippen LogP contribution in [0.2, 0.25) is 0 Å². The maximum Gasteiger partial charge on any atom is 0.410 e. The Labute approximate surface area is 122 Å². The summed E-state index contributed by atoms with van der Waals surface area (Å²) < 4.78 is 6.64. The van der Waals surface area contributed by atoms with E-state index in [2.05, 4.69) is 27.3 Å². The quantitative estimate of drug-likeness (QED) is 0.888. The molecule has 0 saturated carbocycles. The van der Waals surface area contributed by atoms with Gasteiger partial charge in [0.05, 0.1) is 24.7 Å². The Hall–Kier alpha value is -2.38. The number of aromatic nitrogens is 4. The molecule has 8 nitrogen and oxygen atoms in total. The molecule has 0 bridgehead atoms. The number of carbonyl (C=O) groups is 1. The number of hydrogen-bond donors (Lipinski definition) is 1. The van der Waals surface area contributed by atoms with Gasteiger partial charge in [-0.2, -0.15) is 5.10 Å². The maximum atomic E-state index is 11.5. The molecule has 0 atom stereocenters. The number of rotatable bonds is 5. The number of fused-ring (bicyclic) bond motifs is 1. The molecule has 1 fully saturated rings. The van der Waals surface area contributed by atoms with Gasteiger partial charge in [-0.3, -0.25) is 9.58 Å². The summed E-state index contributed by atoms with van der Waals surface area (Å²) in [4.78, 5) is 22.2. The van der Waals surface area contributed by atoms with Gasteiger partial charge in [0, 0.05) is 13.6 Å². The van der Waals surface area contributed by atoms with Crippen LogP contribution in [0.1, 0.15) is 19.2 Å². The summed E-state index contributed by atoms with van der Waals surface area (Å²) in [6.45, 7) is 4.26. The van der Waals surface area contributed by atoms with Crippen molar-refractivity contribution in [2.45, 2.75) is 19.9 Å². The molecule has 0 unspecified atom stereocenters. The van der Waals surface area contributed by atoms with Crippen LogP contribution in [0.4, 0.5) is 10.6 Å². The van der Waals surface area contributed by atoms with E-state index in [0.29, 0.717) is 25.5 Å². The van der Waals surface area contributed by atoms with Crippen molar-refractivity contribution in [1.29, 1.82) is 0 Å². The summed E-state index contributed by atoms with van der Waals surface area (Å²) in [5, 5.41) is 8.40. The summed E-state index contributed by atoms with van der Waals surface area (Å²) in [6, 6.07) is 0.